The van der Waals surface area contributed by atoms with Gasteiger partial charge in [0.15, 0.2) is 0 Å². The highest BCUT2D eigenvalue weighted by Crippen LogP contribution is 2.41. The molecule has 0 saturated carbocycles. The molecule has 0 N–H and O–H groups in total. The zero-order valence-corrected chi connectivity index (χ0v) is 12.5. The molecular formula is C12H9F3N2S3. The molecule has 0 atom stereocenters. The molecule has 0 aliphatic carbocycles. The van der Waals surface area contributed by atoms with Crippen molar-refractivity contribution in [3.05, 3.63) is 54.0 Å². The van der Waals surface area contributed by atoms with Gasteiger partial charge in [0.2, 0.25) is 0 Å². The van der Waals surface area contributed by atoms with Crippen LogP contribution in [-0.4, -0.2) is 9.97 Å². The fraction of sp³-hybridized carbons (Fsp3) is 0.167. The summed E-state index contributed by atoms with van der Waals surface area (Å²) in [7, 11) is 4.36. The van der Waals surface area contributed by atoms with Crippen LogP contribution in [0.15, 0.2) is 47.8 Å². The van der Waals surface area contributed by atoms with Crippen LogP contribution in [0.1, 0.15) is 11.3 Å². The largest absolute Gasteiger partial charge is 0.417 e. The lowest BCUT2D eigenvalue weighted by molar-refractivity contribution is -0.137. The monoisotopic (exact) mass is 334 g/mol. The fourth-order valence-electron chi connectivity index (χ4n) is 1.22. The van der Waals surface area contributed by atoms with E-state index in [1.54, 1.807) is 17.0 Å². The summed E-state index contributed by atoms with van der Waals surface area (Å²) in [6.07, 6.45) is -1.76. The van der Waals surface area contributed by atoms with Crippen molar-refractivity contribution in [2.75, 3.05) is 0 Å². The molecular weight excluding hydrogens is 325 g/mol. The maximum atomic E-state index is 12.4. The number of alkyl halides is 3. The van der Waals surface area contributed by atoms with Crippen LogP contribution in [0.2, 0.25) is 0 Å². The second-order valence-electron chi connectivity index (χ2n) is 3.62. The number of aromatic nitrogens is 2. The van der Waals surface area contributed by atoms with E-state index in [0.29, 0.717) is 5.03 Å². The quantitative estimate of drug-likeness (QED) is 0.561. The lowest BCUT2D eigenvalue weighted by Gasteiger charge is -2.06. The van der Waals surface area contributed by atoms with Crippen LogP contribution in [-0.2, 0) is 11.9 Å². The fourth-order valence-corrected chi connectivity index (χ4v) is 4.55. The number of rotatable bonds is 5. The van der Waals surface area contributed by atoms with E-state index >= 15 is 0 Å². The summed E-state index contributed by atoms with van der Waals surface area (Å²) < 4.78 is 37.1. The van der Waals surface area contributed by atoms with E-state index in [1.807, 2.05) is 18.2 Å². The number of nitrogens with zero attached hydrogens (tertiary/aromatic N) is 2. The Bertz CT molecular complexity index is 532. The van der Waals surface area contributed by atoms with Crippen molar-refractivity contribution in [1.82, 2.24) is 9.97 Å². The van der Waals surface area contributed by atoms with Crippen LogP contribution < -0.4 is 0 Å². The van der Waals surface area contributed by atoms with Crippen molar-refractivity contribution in [2.45, 2.75) is 17.0 Å². The molecule has 8 heteroatoms. The Balaban J connectivity index is 1.77. The molecule has 0 bridgehead atoms. The van der Waals surface area contributed by atoms with Crippen LogP contribution in [0.5, 0.6) is 0 Å². The van der Waals surface area contributed by atoms with E-state index in [-0.39, 0.29) is 0 Å². The number of hydrogen-bond donors (Lipinski definition) is 0. The number of halogens is 3. The molecule has 0 unspecified atom stereocenters. The van der Waals surface area contributed by atoms with E-state index in [0.717, 1.165) is 23.7 Å². The minimum Gasteiger partial charge on any atom is -0.260 e. The maximum absolute atomic E-state index is 12.4. The van der Waals surface area contributed by atoms with E-state index in [2.05, 4.69) is 9.97 Å². The summed E-state index contributed by atoms with van der Waals surface area (Å²) in [6.45, 7) is 0. The van der Waals surface area contributed by atoms with Gasteiger partial charge in [-0.25, -0.2) is 4.98 Å². The Labute approximate surface area is 125 Å². The Morgan fingerprint density at radius 2 is 1.90 bits per heavy atom. The van der Waals surface area contributed by atoms with E-state index in [4.69, 9.17) is 0 Å². The van der Waals surface area contributed by atoms with Gasteiger partial charge in [0.1, 0.15) is 5.03 Å². The normalized spacial score (nSPS) is 11.6. The SMILES string of the molecule is FC(F)(F)c1ccc(SSSCc2ccccn2)nc1. The summed E-state index contributed by atoms with van der Waals surface area (Å²) in [5.41, 5.74) is 0.235. The molecule has 0 radical (unpaired) electrons. The first-order valence-corrected chi connectivity index (χ1v) is 9.10. The van der Waals surface area contributed by atoms with Gasteiger partial charge < -0.3 is 0 Å². The molecule has 2 nitrogen and oxygen atoms in total. The predicted octanol–water partition coefficient (Wildman–Crippen LogP) is 5.08. The van der Waals surface area contributed by atoms with Crippen molar-refractivity contribution in [3.8, 4) is 0 Å². The van der Waals surface area contributed by atoms with Crippen LogP contribution in [0.4, 0.5) is 13.2 Å². The molecule has 0 saturated heterocycles. The third-order valence-corrected chi connectivity index (χ3v) is 5.99. The summed E-state index contributed by atoms with van der Waals surface area (Å²) >= 11 is 0. The number of hydrogen-bond acceptors (Lipinski definition) is 5. The second-order valence-corrected chi connectivity index (χ2v) is 7.70. The van der Waals surface area contributed by atoms with Gasteiger partial charge in [-0.15, -0.1) is 0 Å². The Morgan fingerprint density at radius 3 is 2.50 bits per heavy atom. The van der Waals surface area contributed by atoms with Crippen LogP contribution in [0.3, 0.4) is 0 Å². The van der Waals surface area contributed by atoms with Gasteiger partial charge in [0.05, 0.1) is 11.3 Å². The predicted molar refractivity (Wildman–Crippen MR) is 78.2 cm³/mol. The van der Waals surface area contributed by atoms with Crippen LogP contribution in [0.25, 0.3) is 0 Å². The summed E-state index contributed by atoms with van der Waals surface area (Å²) in [5, 5.41) is 0.552. The number of pyridine rings is 2. The Hall–Kier alpha value is -0.860. The molecule has 106 valence electrons. The van der Waals surface area contributed by atoms with Crippen molar-refractivity contribution in [1.29, 1.82) is 0 Å². The van der Waals surface area contributed by atoms with Gasteiger partial charge in [-0.3, -0.25) is 4.98 Å². The zero-order chi connectivity index (χ0) is 14.4. The molecule has 2 rings (SSSR count). The van der Waals surface area contributed by atoms with Crippen LogP contribution in [0, 0.1) is 0 Å². The molecule has 20 heavy (non-hydrogen) atoms. The van der Waals surface area contributed by atoms with E-state index < -0.39 is 11.7 Å². The second kappa shape index (κ2) is 7.24. The first-order chi connectivity index (χ1) is 9.55. The Kier molecular flexibility index (Phi) is 5.62. The lowest BCUT2D eigenvalue weighted by atomic mass is 10.3. The molecule has 0 spiro atoms. The van der Waals surface area contributed by atoms with Gasteiger partial charge in [-0.05, 0) is 44.9 Å². The summed E-state index contributed by atoms with van der Waals surface area (Å²) in [6, 6.07) is 8.11. The Morgan fingerprint density at radius 1 is 1.05 bits per heavy atom. The standard InChI is InChI=1S/C12H9F3N2S3/c13-12(14,15)9-4-5-11(17-7-9)19-20-18-8-10-3-1-2-6-16-10/h1-7H,8H2. The molecule has 0 aliphatic rings. The average Bonchev–Trinajstić information content (AvgIpc) is 2.44. The highest BCUT2D eigenvalue weighted by atomic mass is 33.5. The van der Waals surface area contributed by atoms with Crippen molar-refractivity contribution < 1.29 is 13.2 Å². The maximum Gasteiger partial charge on any atom is 0.417 e. The molecule has 2 heterocycles. The van der Waals surface area contributed by atoms with E-state index in [1.165, 1.54) is 26.7 Å². The molecule has 0 aliphatic heterocycles. The molecule has 2 aromatic heterocycles. The van der Waals surface area contributed by atoms with E-state index in [9.17, 15) is 13.2 Å². The third kappa shape index (κ3) is 4.92. The smallest absolute Gasteiger partial charge is 0.260 e. The first kappa shape index (κ1) is 15.5. The first-order valence-electron chi connectivity index (χ1n) is 5.45. The average molecular weight is 334 g/mol. The van der Waals surface area contributed by atoms with Crippen LogP contribution >= 0.6 is 31.4 Å². The van der Waals surface area contributed by atoms with Crippen molar-refractivity contribution >= 4 is 31.4 Å². The highest BCUT2D eigenvalue weighted by Gasteiger charge is 2.30. The van der Waals surface area contributed by atoms with Gasteiger partial charge in [-0.1, -0.05) is 16.9 Å². The minimum atomic E-state index is -4.34. The van der Waals surface area contributed by atoms with Gasteiger partial charge >= 0.3 is 6.18 Å². The molecule has 0 amide bonds. The van der Waals surface area contributed by atoms with Gasteiger partial charge in [0.25, 0.3) is 0 Å². The van der Waals surface area contributed by atoms with Gasteiger partial charge in [0, 0.05) is 18.1 Å². The molecule has 0 fully saturated rings. The summed E-state index contributed by atoms with van der Waals surface area (Å²) in [4.78, 5) is 7.96. The summed E-state index contributed by atoms with van der Waals surface area (Å²) in [5.74, 6) is 0.735. The third-order valence-electron chi connectivity index (χ3n) is 2.16. The van der Waals surface area contributed by atoms with Crippen molar-refractivity contribution in [2.24, 2.45) is 0 Å². The molecule has 0 aromatic carbocycles. The highest BCUT2D eigenvalue weighted by molar-refractivity contribution is 9.09. The minimum absolute atomic E-state index is 0.552. The lowest BCUT2D eigenvalue weighted by Crippen LogP contribution is -2.04. The van der Waals surface area contributed by atoms with Gasteiger partial charge in [-0.2, -0.15) is 13.2 Å². The molecule has 2 aromatic rings. The topological polar surface area (TPSA) is 25.8 Å². The van der Waals surface area contributed by atoms with Crippen molar-refractivity contribution in [3.63, 3.8) is 0 Å². The zero-order valence-electron chi connectivity index (χ0n) is 10.0.